The lowest BCUT2D eigenvalue weighted by molar-refractivity contribution is -0.139. The Morgan fingerprint density at radius 3 is 2.31 bits per heavy atom. The summed E-state index contributed by atoms with van der Waals surface area (Å²) in [5.74, 6) is -1.27. The van der Waals surface area contributed by atoms with Crippen molar-refractivity contribution in [2.45, 2.75) is 12.0 Å². The molecule has 0 bridgehead atoms. The predicted molar refractivity (Wildman–Crippen MR) is 125 cm³/mol. The Labute approximate surface area is 192 Å². The number of fused-ring (bicyclic) bond motifs is 4. The maximum Gasteiger partial charge on any atom is 0.408 e. The lowest BCUT2D eigenvalue weighted by atomic mass is 9.98. The van der Waals surface area contributed by atoms with Crippen molar-refractivity contribution in [1.29, 1.82) is 0 Å². The van der Waals surface area contributed by atoms with E-state index in [0.717, 1.165) is 32.2 Å². The number of ether oxygens (including phenoxy) is 1. The molecule has 1 unspecified atom stereocenters. The minimum absolute atomic E-state index is 0.0985. The Morgan fingerprint density at radius 1 is 1.00 bits per heavy atom. The van der Waals surface area contributed by atoms with Gasteiger partial charge >= 0.3 is 12.1 Å². The van der Waals surface area contributed by atoms with Crippen LogP contribution in [0, 0.1) is 0 Å². The summed E-state index contributed by atoms with van der Waals surface area (Å²) in [5, 5.41) is 13.0. The number of carbonyl (C=O) groups excluding carboxylic acids is 1. The monoisotopic (exact) mass is 490 g/mol. The Balaban J connectivity index is 1.36. The van der Waals surface area contributed by atoms with Crippen LogP contribution < -0.4 is 5.32 Å². The van der Waals surface area contributed by atoms with Gasteiger partial charge in [-0.3, -0.25) is 0 Å². The summed E-state index contributed by atoms with van der Waals surface area (Å²) in [4.78, 5) is 27.7. The van der Waals surface area contributed by atoms with Crippen molar-refractivity contribution < 1.29 is 19.4 Å². The SMILES string of the molecule is O=C(NC(C(=O)O)c1c[nH]c2cccc(Br)c12)OCC1c2ccccc2-c2ccccc21. The van der Waals surface area contributed by atoms with Crippen molar-refractivity contribution in [1.82, 2.24) is 10.3 Å². The number of amides is 1. The van der Waals surface area contributed by atoms with Crippen LogP contribution in [-0.2, 0) is 9.53 Å². The van der Waals surface area contributed by atoms with E-state index in [1.165, 1.54) is 0 Å². The Bertz CT molecular complexity index is 1300. The zero-order valence-electron chi connectivity index (χ0n) is 16.8. The highest BCUT2D eigenvalue weighted by atomic mass is 79.9. The van der Waals surface area contributed by atoms with Crippen molar-refractivity contribution in [3.63, 3.8) is 0 Å². The molecule has 160 valence electrons. The van der Waals surface area contributed by atoms with E-state index in [9.17, 15) is 14.7 Å². The van der Waals surface area contributed by atoms with Gasteiger partial charge in [-0.25, -0.2) is 9.59 Å². The largest absolute Gasteiger partial charge is 0.479 e. The molecule has 1 atom stereocenters. The quantitative estimate of drug-likeness (QED) is 0.339. The number of rotatable bonds is 5. The molecule has 1 aliphatic carbocycles. The second kappa shape index (κ2) is 8.16. The standard InChI is InChI=1S/C25H19BrN2O4/c26-20-10-5-11-21-22(20)18(12-27-21)23(24(29)30)28-25(31)32-13-19-16-8-3-1-6-14(16)15-7-2-4-9-17(15)19/h1-12,19,23,27H,13H2,(H,28,31)(H,29,30). The summed E-state index contributed by atoms with van der Waals surface area (Å²) < 4.78 is 6.27. The molecule has 0 aliphatic heterocycles. The number of benzene rings is 3. The molecule has 0 saturated heterocycles. The van der Waals surface area contributed by atoms with Gasteiger partial charge in [-0.1, -0.05) is 70.5 Å². The van der Waals surface area contributed by atoms with Crippen LogP contribution in [0.1, 0.15) is 28.7 Å². The molecule has 6 nitrogen and oxygen atoms in total. The zero-order valence-corrected chi connectivity index (χ0v) is 18.4. The van der Waals surface area contributed by atoms with Gasteiger partial charge in [0, 0.05) is 33.1 Å². The minimum atomic E-state index is -1.25. The number of carboxylic acid groups (broad SMARTS) is 1. The number of carboxylic acids is 1. The normalized spacial score (nSPS) is 13.4. The molecule has 1 aliphatic rings. The van der Waals surface area contributed by atoms with Crippen molar-refractivity contribution in [2.24, 2.45) is 0 Å². The van der Waals surface area contributed by atoms with Crippen LogP contribution in [0.4, 0.5) is 4.79 Å². The van der Waals surface area contributed by atoms with Crippen LogP contribution in [0.3, 0.4) is 0 Å². The molecule has 7 heteroatoms. The van der Waals surface area contributed by atoms with Crippen LogP contribution in [0.15, 0.2) is 77.4 Å². The number of carbonyl (C=O) groups is 2. The van der Waals surface area contributed by atoms with Crippen molar-refractivity contribution >= 4 is 38.9 Å². The number of aromatic nitrogens is 1. The first-order valence-electron chi connectivity index (χ1n) is 10.1. The summed E-state index contributed by atoms with van der Waals surface area (Å²) in [6.45, 7) is 0.115. The Morgan fingerprint density at radius 2 is 1.66 bits per heavy atom. The lowest BCUT2D eigenvalue weighted by Gasteiger charge is -2.17. The second-order valence-electron chi connectivity index (χ2n) is 7.65. The van der Waals surface area contributed by atoms with E-state index in [1.54, 1.807) is 6.20 Å². The summed E-state index contributed by atoms with van der Waals surface area (Å²) in [5.41, 5.74) is 5.67. The van der Waals surface area contributed by atoms with Gasteiger partial charge in [-0.2, -0.15) is 0 Å². The topological polar surface area (TPSA) is 91.4 Å². The molecule has 0 fully saturated rings. The van der Waals surface area contributed by atoms with E-state index in [4.69, 9.17) is 4.74 Å². The van der Waals surface area contributed by atoms with Crippen molar-refractivity contribution in [2.75, 3.05) is 6.61 Å². The van der Waals surface area contributed by atoms with Gasteiger partial charge in [0.1, 0.15) is 6.61 Å². The molecule has 1 aromatic heterocycles. The molecule has 1 heterocycles. The molecule has 0 spiro atoms. The molecular weight excluding hydrogens is 472 g/mol. The molecule has 3 aromatic carbocycles. The highest BCUT2D eigenvalue weighted by Gasteiger charge is 2.30. The fraction of sp³-hybridized carbons (Fsp3) is 0.120. The number of halogens is 1. The van der Waals surface area contributed by atoms with Gasteiger partial charge < -0.3 is 20.1 Å². The highest BCUT2D eigenvalue weighted by Crippen LogP contribution is 2.44. The Kier molecular flexibility index (Phi) is 5.19. The molecule has 5 rings (SSSR count). The summed E-state index contributed by atoms with van der Waals surface area (Å²) in [6, 6.07) is 20.4. The maximum absolute atomic E-state index is 12.6. The average molecular weight is 491 g/mol. The van der Waals surface area contributed by atoms with Crippen LogP contribution >= 0.6 is 15.9 Å². The molecule has 0 radical (unpaired) electrons. The third-order valence-electron chi connectivity index (χ3n) is 5.85. The molecule has 3 N–H and O–H groups in total. The van der Waals surface area contributed by atoms with Crippen LogP contribution in [0.2, 0.25) is 0 Å². The van der Waals surface area contributed by atoms with Crippen LogP contribution in [0.5, 0.6) is 0 Å². The third-order valence-corrected chi connectivity index (χ3v) is 6.51. The van der Waals surface area contributed by atoms with Crippen molar-refractivity contribution in [3.05, 3.63) is 94.1 Å². The van der Waals surface area contributed by atoms with E-state index in [0.29, 0.717) is 10.9 Å². The van der Waals surface area contributed by atoms with Gasteiger partial charge in [0.15, 0.2) is 6.04 Å². The lowest BCUT2D eigenvalue weighted by Crippen LogP contribution is -2.34. The van der Waals surface area contributed by atoms with E-state index in [2.05, 4.69) is 38.4 Å². The smallest absolute Gasteiger partial charge is 0.408 e. The third kappa shape index (κ3) is 3.44. The van der Waals surface area contributed by atoms with E-state index < -0.39 is 18.1 Å². The molecule has 32 heavy (non-hydrogen) atoms. The fourth-order valence-corrected chi connectivity index (χ4v) is 5.02. The summed E-state index contributed by atoms with van der Waals surface area (Å²) >= 11 is 3.46. The fourth-order valence-electron chi connectivity index (χ4n) is 4.42. The number of aromatic amines is 1. The highest BCUT2D eigenvalue weighted by molar-refractivity contribution is 9.10. The van der Waals surface area contributed by atoms with Gasteiger partial charge in [-0.15, -0.1) is 0 Å². The number of hydrogen-bond acceptors (Lipinski definition) is 3. The first kappa shape index (κ1) is 20.3. The molecule has 0 saturated carbocycles. The summed E-state index contributed by atoms with van der Waals surface area (Å²) in [7, 11) is 0. The molecule has 1 amide bonds. The average Bonchev–Trinajstić information content (AvgIpc) is 3.36. The predicted octanol–water partition coefficient (Wildman–Crippen LogP) is 5.59. The zero-order chi connectivity index (χ0) is 22.2. The summed E-state index contributed by atoms with van der Waals surface area (Å²) in [6.07, 6.45) is 0.818. The van der Waals surface area contributed by atoms with Gasteiger partial charge in [0.25, 0.3) is 0 Å². The maximum atomic E-state index is 12.6. The molecular formula is C25H19BrN2O4. The second-order valence-corrected chi connectivity index (χ2v) is 8.50. The minimum Gasteiger partial charge on any atom is -0.479 e. The van der Waals surface area contributed by atoms with Crippen LogP contribution in [0.25, 0.3) is 22.0 Å². The van der Waals surface area contributed by atoms with Gasteiger partial charge in [-0.05, 0) is 34.4 Å². The number of alkyl carbamates (subject to hydrolysis) is 1. The first-order chi connectivity index (χ1) is 15.5. The van der Waals surface area contributed by atoms with E-state index in [1.807, 2.05) is 54.6 Å². The Hall–Kier alpha value is -3.58. The van der Waals surface area contributed by atoms with E-state index in [-0.39, 0.29) is 12.5 Å². The first-order valence-corrected chi connectivity index (χ1v) is 10.9. The number of hydrogen-bond donors (Lipinski definition) is 3. The number of aliphatic carboxylic acids is 1. The number of H-pyrrole nitrogens is 1. The van der Waals surface area contributed by atoms with E-state index >= 15 is 0 Å². The van der Waals surface area contributed by atoms with Crippen molar-refractivity contribution in [3.8, 4) is 11.1 Å². The van der Waals surface area contributed by atoms with Gasteiger partial charge in [0.2, 0.25) is 0 Å². The van der Waals surface area contributed by atoms with Crippen LogP contribution in [-0.4, -0.2) is 28.8 Å². The molecule has 4 aromatic rings. The van der Waals surface area contributed by atoms with Gasteiger partial charge in [0.05, 0.1) is 0 Å². The number of nitrogens with one attached hydrogen (secondary N) is 2.